The molecule has 2 aliphatic heterocycles. The number of fused-ring (bicyclic) bond motifs is 2. The molecule has 2 aromatic heterocycles. The number of ether oxygens (including phenoxy) is 2. The second-order valence-electron chi connectivity index (χ2n) is 15.8. The number of unbranched alkanes of at least 4 members (excludes halogenated alkanes) is 3. The molecule has 0 unspecified atom stereocenters. The number of H-pyrrole nitrogens is 2. The fraction of sp³-hybridized carbons (Fsp3) is 0.346. The Hall–Kier alpha value is -5.41. The third kappa shape index (κ3) is 11.3. The zero-order chi connectivity index (χ0) is 41.7. The van der Waals surface area contributed by atoms with Gasteiger partial charge in [0.2, 0.25) is 0 Å². The highest BCUT2D eigenvalue weighted by Gasteiger charge is 2.20. The van der Waals surface area contributed by atoms with Crippen LogP contribution in [0, 0.1) is 0 Å². The molecular formula is C52H61ClN4O4. The van der Waals surface area contributed by atoms with Crippen molar-refractivity contribution in [2.45, 2.75) is 72.1 Å². The molecule has 0 spiro atoms. The van der Waals surface area contributed by atoms with E-state index in [-0.39, 0.29) is 24.0 Å². The van der Waals surface area contributed by atoms with Crippen LogP contribution in [0.3, 0.4) is 0 Å². The fourth-order valence-corrected chi connectivity index (χ4v) is 8.10. The summed E-state index contributed by atoms with van der Waals surface area (Å²) in [5.41, 5.74) is 9.93. The van der Waals surface area contributed by atoms with Crippen molar-refractivity contribution < 1.29 is 19.1 Å². The number of benzene rings is 4. The van der Waals surface area contributed by atoms with Gasteiger partial charge < -0.3 is 24.8 Å². The van der Waals surface area contributed by atoms with Crippen LogP contribution in [0.1, 0.15) is 115 Å². The van der Waals surface area contributed by atoms with Gasteiger partial charge in [0.15, 0.2) is 11.6 Å². The number of hydrogen-bond donors (Lipinski definition) is 3. The number of carbonyl (C=O) groups is 2. The zero-order valence-corrected chi connectivity index (χ0v) is 36.8. The zero-order valence-electron chi connectivity index (χ0n) is 36.0. The van der Waals surface area contributed by atoms with E-state index >= 15 is 0 Å². The van der Waals surface area contributed by atoms with Gasteiger partial charge in [0.05, 0.1) is 18.8 Å². The van der Waals surface area contributed by atoms with Crippen LogP contribution < -0.4 is 14.8 Å². The summed E-state index contributed by atoms with van der Waals surface area (Å²) in [5, 5.41) is 5.57. The van der Waals surface area contributed by atoms with Crippen LogP contribution in [0.15, 0.2) is 109 Å². The highest BCUT2D eigenvalue weighted by Crippen LogP contribution is 2.32. The van der Waals surface area contributed by atoms with E-state index in [1.807, 2.05) is 84.9 Å². The maximum atomic E-state index is 13.4. The number of para-hydroxylation sites is 1. The summed E-state index contributed by atoms with van der Waals surface area (Å²) in [4.78, 5) is 35.7. The Morgan fingerprint density at radius 2 is 1.33 bits per heavy atom. The van der Waals surface area contributed by atoms with Crippen molar-refractivity contribution in [1.29, 1.82) is 0 Å². The Morgan fingerprint density at radius 1 is 0.656 bits per heavy atom. The maximum absolute atomic E-state index is 13.4. The molecule has 2 aliphatic rings. The first-order chi connectivity index (χ1) is 29.5. The Kier molecular flexibility index (Phi) is 16.6. The number of rotatable bonds is 17. The molecule has 0 amide bonds. The van der Waals surface area contributed by atoms with Crippen molar-refractivity contribution in [2.75, 3.05) is 45.9 Å². The largest absolute Gasteiger partial charge is 0.494 e. The lowest BCUT2D eigenvalue weighted by atomic mass is 9.96. The van der Waals surface area contributed by atoms with Gasteiger partial charge in [-0.2, -0.15) is 0 Å². The molecule has 0 bridgehead atoms. The van der Waals surface area contributed by atoms with Gasteiger partial charge in [-0.15, -0.1) is 12.4 Å². The van der Waals surface area contributed by atoms with Crippen LogP contribution in [0.5, 0.6) is 11.5 Å². The summed E-state index contributed by atoms with van der Waals surface area (Å²) in [5.74, 6) is 1.43. The van der Waals surface area contributed by atoms with Crippen LogP contribution in [0.25, 0.3) is 33.0 Å². The summed E-state index contributed by atoms with van der Waals surface area (Å²) in [6, 6.07) is 26.8. The monoisotopic (exact) mass is 840 g/mol. The van der Waals surface area contributed by atoms with Gasteiger partial charge in [0, 0.05) is 81.7 Å². The van der Waals surface area contributed by atoms with E-state index in [1.54, 1.807) is 0 Å². The molecule has 3 N–H and O–H groups in total. The molecular weight excluding hydrogens is 780 g/mol. The first-order valence-electron chi connectivity index (χ1n) is 22.1. The third-order valence-electron chi connectivity index (χ3n) is 11.4. The predicted octanol–water partition coefficient (Wildman–Crippen LogP) is 11.8. The van der Waals surface area contributed by atoms with Gasteiger partial charge in [-0.3, -0.25) is 14.5 Å². The van der Waals surface area contributed by atoms with Crippen LogP contribution in [0.2, 0.25) is 0 Å². The lowest BCUT2D eigenvalue weighted by molar-refractivity contribution is 0.102. The van der Waals surface area contributed by atoms with Crippen molar-refractivity contribution in [1.82, 2.24) is 20.2 Å². The normalized spacial score (nSPS) is 14.1. The number of nitrogens with one attached hydrogen (secondary N) is 3. The summed E-state index contributed by atoms with van der Waals surface area (Å²) in [6.07, 6.45) is 17.9. The average Bonchev–Trinajstić information content (AvgIpc) is 3.94. The second-order valence-corrected chi connectivity index (χ2v) is 15.8. The molecule has 0 radical (unpaired) electrons. The van der Waals surface area contributed by atoms with Crippen LogP contribution in [-0.4, -0.2) is 72.4 Å². The quantitative estimate of drug-likeness (QED) is 0.0625. The van der Waals surface area contributed by atoms with Crippen LogP contribution in [-0.2, 0) is 0 Å². The van der Waals surface area contributed by atoms with Crippen molar-refractivity contribution in [3.8, 4) is 11.5 Å². The van der Waals surface area contributed by atoms with Crippen molar-refractivity contribution >= 4 is 56.9 Å². The lowest BCUT2D eigenvalue weighted by Crippen LogP contribution is -2.29. The molecule has 8 nitrogen and oxygen atoms in total. The van der Waals surface area contributed by atoms with Crippen molar-refractivity contribution in [3.63, 3.8) is 0 Å². The first-order valence-corrected chi connectivity index (χ1v) is 22.1. The van der Waals surface area contributed by atoms with E-state index in [0.29, 0.717) is 41.2 Å². The fourth-order valence-electron chi connectivity index (χ4n) is 8.10. The molecule has 4 heterocycles. The minimum Gasteiger partial charge on any atom is -0.494 e. The predicted molar refractivity (Wildman–Crippen MR) is 254 cm³/mol. The van der Waals surface area contributed by atoms with E-state index in [2.05, 4.69) is 65.5 Å². The minimum atomic E-state index is 0. The SMILES string of the molecule is CCCCCCN1CC=C(c2c[nH]c3ccc(C(=O)c4ccccc4OCCC)cc23)CC1.CCCOc1cccc(C(=O)c2ccc3[nH]cc(C4=CCNCC4)c3c2)c1.Cl. The van der Waals surface area contributed by atoms with E-state index in [9.17, 15) is 9.59 Å². The number of carbonyl (C=O) groups excluding carboxylic acids is 2. The molecule has 0 aliphatic carbocycles. The molecule has 6 aromatic rings. The molecule has 61 heavy (non-hydrogen) atoms. The minimum absolute atomic E-state index is 0. The van der Waals surface area contributed by atoms with Crippen LogP contribution >= 0.6 is 12.4 Å². The molecule has 0 saturated carbocycles. The van der Waals surface area contributed by atoms with E-state index in [4.69, 9.17) is 9.47 Å². The smallest absolute Gasteiger partial charge is 0.196 e. The van der Waals surface area contributed by atoms with E-state index < -0.39 is 0 Å². The summed E-state index contributed by atoms with van der Waals surface area (Å²) >= 11 is 0. The topological polar surface area (TPSA) is 99.4 Å². The maximum Gasteiger partial charge on any atom is 0.196 e. The molecule has 0 saturated heterocycles. The first kappa shape index (κ1) is 45.1. The van der Waals surface area contributed by atoms with Crippen LogP contribution in [0.4, 0.5) is 0 Å². The number of nitrogens with zero attached hydrogens (tertiary/aromatic N) is 1. The van der Waals surface area contributed by atoms with E-state index in [1.165, 1.54) is 54.5 Å². The molecule has 0 fully saturated rings. The Bertz CT molecular complexity index is 2460. The number of hydrogen-bond acceptors (Lipinski definition) is 6. The highest BCUT2D eigenvalue weighted by atomic mass is 35.5. The van der Waals surface area contributed by atoms with Gasteiger partial charge >= 0.3 is 0 Å². The molecule has 9 heteroatoms. The Labute approximate surface area is 367 Å². The summed E-state index contributed by atoms with van der Waals surface area (Å²) in [6.45, 7) is 12.8. The van der Waals surface area contributed by atoms with Gasteiger partial charge in [0.1, 0.15) is 11.5 Å². The van der Waals surface area contributed by atoms with Crippen molar-refractivity contribution in [3.05, 3.63) is 143 Å². The van der Waals surface area contributed by atoms with Gasteiger partial charge in [0.25, 0.3) is 0 Å². The molecule has 4 aromatic carbocycles. The van der Waals surface area contributed by atoms with Crippen molar-refractivity contribution in [2.24, 2.45) is 0 Å². The Balaban J connectivity index is 0.000000204. The summed E-state index contributed by atoms with van der Waals surface area (Å²) in [7, 11) is 0. The highest BCUT2D eigenvalue weighted by molar-refractivity contribution is 6.13. The number of ketones is 2. The van der Waals surface area contributed by atoms with E-state index in [0.717, 1.165) is 79.4 Å². The number of aromatic amines is 2. The number of halogens is 1. The number of aromatic nitrogens is 2. The molecule has 320 valence electrons. The lowest BCUT2D eigenvalue weighted by Gasteiger charge is -2.26. The van der Waals surface area contributed by atoms with Gasteiger partial charge in [-0.25, -0.2) is 0 Å². The standard InChI is InChI=1S/C29H36N2O2.C23H24N2O2.ClH/c1-3-5-6-9-16-31-17-14-22(15-18-31)26-21-30-27-13-12-23(20-25(26)27)29(32)24-10-7-8-11-28(24)33-19-4-2;1-2-12-27-19-5-3-4-17(13-19)23(26)18-6-7-22-20(14-18)21(15-25-22)16-8-10-24-11-9-16;/h7-8,10-14,20-21,30H,3-6,9,15-19H2,1-2H3;3-8,13-15,24-25H,2,9-12H2,1H3;1H. The second kappa shape index (κ2) is 22.4. The summed E-state index contributed by atoms with van der Waals surface area (Å²) < 4.78 is 11.5. The third-order valence-corrected chi connectivity index (χ3v) is 11.4. The van der Waals surface area contributed by atoms with Gasteiger partial charge in [-0.05, 0) is 117 Å². The van der Waals surface area contributed by atoms with Gasteiger partial charge in [-0.1, -0.05) is 76.5 Å². The average molecular weight is 842 g/mol. The Morgan fingerprint density at radius 3 is 1.98 bits per heavy atom. The molecule has 8 rings (SSSR count). The molecule has 0 atom stereocenters.